The molecule has 1 aliphatic heterocycles. The van der Waals surface area contributed by atoms with Crippen LogP contribution >= 0.6 is 0 Å². The van der Waals surface area contributed by atoms with Gasteiger partial charge in [-0.25, -0.2) is 0 Å². The molecule has 2 aliphatic rings. The van der Waals surface area contributed by atoms with Gasteiger partial charge in [-0.1, -0.05) is 33.6 Å². The number of likely N-dealkylation sites (tertiary alicyclic amines) is 1. The molecule has 0 radical (unpaired) electrons. The standard InChI is InChI=1S/C19H38N2/c1-5-12-21-13-10-17(11-14-21)16(4)20-19-9-7-6-8-18(19)15(2)3/h15-20H,5-14H2,1-4H3. The van der Waals surface area contributed by atoms with Crippen molar-refractivity contribution in [1.82, 2.24) is 10.2 Å². The summed E-state index contributed by atoms with van der Waals surface area (Å²) in [6.45, 7) is 13.5. The highest BCUT2D eigenvalue weighted by molar-refractivity contribution is 4.87. The van der Waals surface area contributed by atoms with E-state index in [0.717, 1.165) is 23.8 Å². The van der Waals surface area contributed by atoms with E-state index in [0.29, 0.717) is 6.04 Å². The van der Waals surface area contributed by atoms with Crippen LogP contribution in [0, 0.1) is 17.8 Å². The molecule has 1 N–H and O–H groups in total. The lowest BCUT2D eigenvalue weighted by Crippen LogP contribution is -2.49. The Morgan fingerprint density at radius 1 is 1.00 bits per heavy atom. The van der Waals surface area contributed by atoms with Crippen LogP contribution < -0.4 is 5.32 Å². The minimum absolute atomic E-state index is 0.707. The lowest BCUT2D eigenvalue weighted by molar-refractivity contribution is 0.135. The Morgan fingerprint density at radius 2 is 1.67 bits per heavy atom. The zero-order chi connectivity index (χ0) is 15.2. The summed E-state index contributed by atoms with van der Waals surface area (Å²) in [6.07, 6.45) is 9.82. The topological polar surface area (TPSA) is 15.3 Å². The molecule has 0 spiro atoms. The zero-order valence-electron chi connectivity index (χ0n) is 14.9. The summed E-state index contributed by atoms with van der Waals surface area (Å²) in [5.74, 6) is 2.63. The number of rotatable bonds is 6. The Balaban J connectivity index is 1.79. The molecule has 1 aliphatic carbocycles. The van der Waals surface area contributed by atoms with Gasteiger partial charge in [0.1, 0.15) is 0 Å². The van der Waals surface area contributed by atoms with Crippen LogP contribution in [0.15, 0.2) is 0 Å². The van der Waals surface area contributed by atoms with Crippen LogP contribution in [0.2, 0.25) is 0 Å². The number of piperidine rings is 1. The van der Waals surface area contributed by atoms with Crippen LogP contribution in [0.5, 0.6) is 0 Å². The van der Waals surface area contributed by atoms with E-state index in [2.05, 4.69) is 37.9 Å². The monoisotopic (exact) mass is 294 g/mol. The maximum Gasteiger partial charge on any atom is 0.0100 e. The number of nitrogens with zero attached hydrogens (tertiary/aromatic N) is 1. The van der Waals surface area contributed by atoms with Crippen molar-refractivity contribution in [3.8, 4) is 0 Å². The van der Waals surface area contributed by atoms with Crippen molar-refractivity contribution in [3.63, 3.8) is 0 Å². The van der Waals surface area contributed by atoms with Crippen LogP contribution in [0.25, 0.3) is 0 Å². The average Bonchev–Trinajstić information content (AvgIpc) is 2.48. The van der Waals surface area contributed by atoms with Gasteiger partial charge in [0.2, 0.25) is 0 Å². The van der Waals surface area contributed by atoms with Gasteiger partial charge in [0.05, 0.1) is 0 Å². The van der Waals surface area contributed by atoms with Gasteiger partial charge in [0.15, 0.2) is 0 Å². The average molecular weight is 295 g/mol. The van der Waals surface area contributed by atoms with E-state index >= 15 is 0 Å². The van der Waals surface area contributed by atoms with Crippen molar-refractivity contribution in [1.29, 1.82) is 0 Å². The van der Waals surface area contributed by atoms with E-state index in [1.165, 1.54) is 64.6 Å². The molecule has 0 aromatic heterocycles. The van der Waals surface area contributed by atoms with E-state index in [-0.39, 0.29) is 0 Å². The fourth-order valence-corrected chi connectivity index (χ4v) is 4.63. The Bertz CT molecular complexity index is 281. The van der Waals surface area contributed by atoms with Gasteiger partial charge < -0.3 is 10.2 Å². The first-order chi connectivity index (χ1) is 10.1. The van der Waals surface area contributed by atoms with Crippen LogP contribution in [-0.4, -0.2) is 36.6 Å². The molecule has 2 nitrogen and oxygen atoms in total. The molecule has 3 atom stereocenters. The van der Waals surface area contributed by atoms with Crippen molar-refractivity contribution < 1.29 is 0 Å². The Kier molecular flexibility index (Phi) is 7.01. The highest BCUT2D eigenvalue weighted by Gasteiger charge is 2.31. The molecular formula is C19H38N2. The van der Waals surface area contributed by atoms with E-state index in [1.54, 1.807) is 0 Å². The number of hydrogen-bond donors (Lipinski definition) is 1. The highest BCUT2D eigenvalue weighted by Crippen LogP contribution is 2.31. The largest absolute Gasteiger partial charge is 0.311 e. The maximum atomic E-state index is 4.05. The molecule has 1 saturated heterocycles. The molecule has 2 fully saturated rings. The molecule has 0 amide bonds. The van der Waals surface area contributed by atoms with Gasteiger partial charge >= 0.3 is 0 Å². The van der Waals surface area contributed by atoms with Crippen LogP contribution in [-0.2, 0) is 0 Å². The van der Waals surface area contributed by atoms with Gasteiger partial charge in [-0.3, -0.25) is 0 Å². The molecule has 2 heteroatoms. The smallest absolute Gasteiger partial charge is 0.0100 e. The Morgan fingerprint density at radius 3 is 2.29 bits per heavy atom. The minimum atomic E-state index is 0.707. The third-order valence-corrected chi connectivity index (χ3v) is 6.03. The summed E-state index contributed by atoms with van der Waals surface area (Å²) in [5, 5.41) is 4.05. The number of nitrogens with one attached hydrogen (secondary N) is 1. The summed E-state index contributed by atoms with van der Waals surface area (Å²) >= 11 is 0. The quantitative estimate of drug-likeness (QED) is 0.785. The SMILES string of the molecule is CCCN1CCC(C(C)NC2CCCCC2C(C)C)CC1. The van der Waals surface area contributed by atoms with Gasteiger partial charge in [-0.05, 0) is 76.4 Å². The summed E-state index contributed by atoms with van der Waals surface area (Å²) in [5.41, 5.74) is 0. The summed E-state index contributed by atoms with van der Waals surface area (Å²) < 4.78 is 0. The van der Waals surface area contributed by atoms with Crippen LogP contribution in [0.1, 0.15) is 72.6 Å². The lowest BCUT2D eigenvalue weighted by atomic mass is 9.77. The van der Waals surface area contributed by atoms with Crippen LogP contribution in [0.3, 0.4) is 0 Å². The van der Waals surface area contributed by atoms with Gasteiger partial charge in [0.25, 0.3) is 0 Å². The van der Waals surface area contributed by atoms with Crippen molar-refractivity contribution in [2.45, 2.75) is 84.7 Å². The van der Waals surface area contributed by atoms with Crippen molar-refractivity contribution in [2.24, 2.45) is 17.8 Å². The summed E-state index contributed by atoms with van der Waals surface area (Å²) in [6, 6.07) is 1.49. The molecule has 2 rings (SSSR count). The van der Waals surface area contributed by atoms with Crippen molar-refractivity contribution in [2.75, 3.05) is 19.6 Å². The molecule has 124 valence electrons. The summed E-state index contributed by atoms with van der Waals surface area (Å²) in [4.78, 5) is 2.65. The molecular weight excluding hydrogens is 256 g/mol. The molecule has 1 saturated carbocycles. The molecule has 0 aromatic carbocycles. The van der Waals surface area contributed by atoms with Gasteiger partial charge in [-0.15, -0.1) is 0 Å². The highest BCUT2D eigenvalue weighted by atomic mass is 15.1. The first-order valence-electron chi connectivity index (χ1n) is 9.60. The first kappa shape index (κ1) is 17.3. The van der Waals surface area contributed by atoms with E-state index < -0.39 is 0 Å². The van der Waals surface area contributed by atoms with E-state index in [1.807, 2.05) is 0 Å². The first-order valence-corrected chi connectivity index (χ1v) is 9.60. The van der Waals surface area contributed by atoms with Gasteiger partial charge in [-0.2, -0.15) is 0 Å². The lowest BCUT2D eigenvalue weighted by Gasteiger charge is -2.40. The second kappa shape index (κ2) is 8.53. The molecule has 0 bridgehead atoms. The number of hydrogen-bond acceptors (Lipinski definition) is 2. The van der Waals surface area contributed by atoms with E-state index in [9.17, 15) is 0 Å². The normalized spacial score (nSPS) is 30.7. The predicted molar refractivity (Wildman–Crippen MR) is 92.6 cm³/mol. The summed E-state index contributed by atoms with van der Waals surface area (Å²) in [7, 11) is 0. The second-order valence-corrected chi connectivity index (χ2v) is 7.93. The fraction of sp³-hybridized carbons (Fsp3) is 1.00. The minimum Gasteiger partial charge on any atom is -0.311 e. The molecule has 21 heavy (non-hydrogen) atoms. The Labute approximate surface area is 133 Å². The second-order valence-electron chi connectivity index (χ2n) is 7.93. The third-order valence-electron chi connectivity index (χ3n) is 6.03. The fourth-order valence-electron chi connectivity index (χ4n) is 4.63. The zero-order valence-corrected chi connectivity index (χ0v) is 14.9. The van der Waals surface area contributed by atoms with Crippen molar-refractivity contribution >= 4 is 0 Å². The Hall–Kier alpha value is -0.0800. The third kappa shape index (κ3) is 4.96. The van der Waals surface area contributed by atoms with Gasteiger partial charge in [0, 0.05) is 12.1 Å². The van der Waals surface area contributed by atoms with Crippen molar-refractivity contribution in [3.05, 3.63) is 0 Å². The van der Waals surface area contributed by atoms with Crippen LogP contribution in [0.4, 0.5) is 0 Å². The molecule has 3 unspecified atom stereocenters. The predicted octanol–water partition coefficient (Wildman–Crippen LogP) is 4.30. The van der Waals surface area contributed by atoms with E-state index in [4.69, 9.17) is 0 Å². The molecule has 0 aromatic rings. The molecule has 1 heterocycles. The maximum absolute atomic E-state index is 4.05.